The summed E-state index contributed by atoms with van der Waals surface area (Å²) >= 11 is 1.56. The highest BCUT2D eigenvalue weighted by atomic mass is 32.2. The van der Waals surface area contributed by atoms with Gasteiger partial charge in [0.25, 0.3) is 11.8 Å². The van der Waals surface area contributed by atoms with Gasteiger partial charge in [-0.1, -0.05) is 12.1 Å². The average molecular weight is 398 g/mol. The molecule has 2 aromatic rings. The molecule has 1 heterocycles. The molecule has 1 N–H and O–H groups in total. The smallest absolute Gasteiger partial charge is 0.262 e. The van der Waals surface area contributed by atoms with Crippen LogP contribution in [0.4, 0.5) is 5.69 Å². The van der Waals surface area contributed by atoms with Crippen molar-refractivity contribution in [1.29, 1.82) is 0 Å². The molecule has 0 unspecified atom stereocenters. The molecule has 28 heavy (non-hydrogen) atoms. The molecule has 0 saturated heterocycles. The first-order valence-corrected chi connectivity index (χ1v) is 10.5. The van der Waals surface area contributed by atoms with Crippen LogP contribution in [0.15, 0.2) is 48.5 Å². The van der Waals surface area contributed by atoms with E-state index in [4.69, 9.17) is 4.74 Å². The number of nitrogens with zero attached hydrogens (tertiary/aromatic N) is 1. The lowest BCUT2D eigenvalue weighted by atomic mass is 10.1. The van der Waals surface area contributed by atoms with E-state index in [9.17, 15) is 14.4 Å². The molecule has 6 nitrogen and oxygen atoms in total. The molecular formula is C21H22N2O4S. The molecule has 2 aromatic carbocycles. The number of thioether (sulfide) groups is 1. The van der Waals surface area contributed by atoms with E-state index in [1.165, 1.54) is 0 Å². The monoisotopic (exact) mass is 398 g/mol. The van der Waals surface area contributed by atoms with Crippen molar-refractivity contribution >= 4 is 35.2 Å². The van der Waals surface area contributed by atoms with Crippen LogP contribution in [0.2, 0.25) is 0 Å². The third-order valence-electron chi connectivity index (χ3n) is 4.47. The molecule has 0 aromatic heterocycles. The molecule has 1 aliphatic heterocycles. The van der Waals surface area contributed by atoms with Crippen LogP contribution >= 0.6 is 11.8 Å². The molecule has 0 fully saturated rings. The minimum absolute atomic E-state index is 0.343. The van der Waals surface area contributed by atoms with Crippen molar-refractivity contribution in [2.24, 2.45) is 0 Å². The maximum Gasteiger partial charge on any atom is 0.262 e. The Balaban J connectivity index is 1.81. The Bertz CT molecular complexity index is 847. The van der Waals surface area contributed by atoms with E-state index in [-0.39, 0.29) is 5.91 Å². The molecule has 0 spiro atoms. The Morgan fingerprint density at radius 2 is 1.68 bits per heavy atom. The van der Waals surface area contributed by atoms with Gasteiger partial charge in [-0.15, -0.1) is 0 Å². The molecular weight excluding hydrogens is 376 g/mol. The Morgan fingerprint density at radius 3 is 2.21 bits per heavy atom. The minimum atomic E-state index is -0.869. The van der Waals surface area contributed by atoms with E-state index in [1.807, 2.05) is 13.2 Å². The van der Waals surface area contributed by atoms with Gasteiger partial charge in [0.1, 0.15) is 11.8 Å². The van der Waals surface area contributed by atoms with Gasteiger partial charge in [-0.2, -0.15) is 11.8 Å². The normalized spacial score (nSPS) is 14.0. The predicted octanol–water partition coefficient (Wildman–Crippen LogP) is 3.44. The number of imide groups is 1. The Labute approximate surface area is 168 Å². The molecule has 146 valence electrons. The van der Waals surface area contributed by atoms with Crippen molar-refractivity contribution in [1.82, 2.24) is 4.90 Å². The van der Waals surface area contributed by atoms with Gasteiger partial charge in [-0.3, -0.25) is 19.3 Å². The molecule has 3 amide bonds. The van der Waals surface area contributed by atoms with Crippen LogP contribution in [0.3, 0.4) is 0 Å². The molecule has 0 aliphatic carbocycles. The van der Waals surface area contributed by atoms with Crippen LogP contribution < -0.4 is 10.1 Å². The van der Waals surface area contributed by atoms with E-state index < -0.39 is 17.9 Å². The summed E-state index contributed by atoms with van der Waals surface area (Å²) in [6.07, 6.45) is 2.30. The Morgan fingerprint density at radius 1 is 1.07 bits per heavy atom. The van der Waals surface area contributed by atoms with Gasteiger partial charge in [0, 0.05) is 5.69 Å². The minimum Gasteiger partial charge on any atom is -0.494 e. The molecule has 0 radical (unpaired) electrons. The molecule has 0 saturated carbocycles. The fourth-order valence-electron chi connectivity index (χ4n) is 3.12. The van der Waals surface area contributed by atoms with E-state index in [2.05, 4.69) is 5.32 Å². The number of nitrogens with one attached hydrogen (secondary N) is 1. The van der Waals surface area contributed by atoms with Crippen LogP contribution in [0, 0.1) is 0 Å². The quantitative estimate of drug-likeness (QED) is 0.690. The summed E-state index contributed by atoms with van der Waals surface area (Å²) < 4.78 is 5.40. The lowest BCUT2D eigenvalue weighted by molar-refractivity contribution is -0.120. The van der Waals surface area contributed by atoms with Crippen LogP contribution in [-0.2, 0) is 4.79 Å². The highest BCUT2D eigenvalue weighted by molar-refractivity contribution is 7.98. The van der Waals surface area contributed by atoms with Gasteiger partial charge in [-0.05, 0) is 61.8 Å². The zero-order valence-electron chi connectivity index (χ0n) is 15.8. The average Bonchev–Trinajstić information content (AvgIpc) is 2.95. The number of hydrogen-bond donors (Lipinski definition) is 1. The SMILES string of the molecule is CCOc1ccc(NC(=O)[C@H](CCSC)N2C(=O)c3ccccc3C2=O)cc1. The van der Waals surface area contributed by atoms with Crippen molar-refractivity contribution in [3.8, 4) is 5.75 Å². The zero-order valence-corrected chi connectivity index (χ0v) is 16.6. The molecule has 1 aliphatic rings. The fourth-order valence-corrected chi connectivity index (χ4v) is 3.58. The fraction of sp³-hybridized carbons (Fsp3) is 0.286. The maximum atomic E-state index is 13.0. The largest absolute Gasteiger partial charge is 0.494 e. The number of benzene rings is 2. The first-order chi connectivity index (χ1) is 13.6. The number of amides is 3. The first kappa shape index (κ1) is 19.9. The van der Waals surface area contributed by atoms with Gasteiger partial charge in [-0.25, -0.2) is 0 Å². The topological polar surface area (TPSA) is 75.7 Å². The number of fused-ring (bicyclic) bond motifs is 1. The van der Waals surface area contributed by atoms with E-state index in [1.54, 1.807) is 60.3 Å². The number of hydrogen-bond acceptors (Lipinski definition) is 5. The molecule has 7 heteroatoms. The summed E-state index contributed by atoms with van der Waals surface area (Å²) in [5.41, 5.74) is 1.27. The van der Waals surface area contributed by atoms with Crippen molar-refractivity contribution in [2.75, 3.05) is 23.9 Å². The number of carbonyl (C=O) groups is 3. The highest BCUT2D eigenvalue weighted by Gasteiger charge is 2.42. The second-order valence-corrected chi connectivity index (χ2v) is 7.26. The van der Waals surface area contributed by atoms with Crippen molar-refractivity contribution in [3.05, 3.63) is 59.7 Å². The van der Waals surface area contributed by atoms with Gasteiger partial charge >= 0.3 is 0 Å². The van der Waals surface area contributed by atoms with Gasteiger partial charge in [0.05, 0.1) is 17.7 Å². The van der Waals surface area contributed by atoms with Crippen LogP contribution in [0.25, 0.3) is 0 Å². The van der Waals surface area contributed by atoms with E-state index >= 15 is 0 Å². The van der Waals surface area contributed by atoms with Crippen LogP contribution in [0.1, 0.15) is 34.1 Å². The summed E-state index contributed by atoms with van der Waals surface area (Å²) in [6, 6.07) is 12.8. The third kappa shape index (κ3) is 4.04. The first-order valence-electron chi connectivity index (χ1n) is 9.06. The van der Waals surface area contributed by atoms with Gasteiger partial charge in [0.15, 0.2) is 0 Å². The highest BCUT2D eigenvalue weighted by Crippen LogP contribution is 2.27. The van der Waals surface area contributed by atoms with Crippen LogP contribution in [0.5, 0.6) is 5.75 Å². The zero-order chi connectivity index (χ0) is 20.1. The third-order valence-corrected chi connectivity index (χ3v) is 5.11. The van der Waals surface area contributed by atoms with Gasteiger partial charge in [0.2, 0.25) is 5.91 Å². The second kappa shape index (κ2) is 8.93. The predicted molar refractivity (Wildman–Crippen MR) is 110 cm³/mol. The number of carbonyl (C=O) groups excluding carboxylic acids is 3. The summed E-state index contributed by atoms with van der Waals surface area (Å²) in [5, 5.41) is 2.82. The second-order valence-electron chi connectivity index (χ2n) is 6.27. The molecule has 1 atom stereocenters. The van der Waals surface area contributed by atoms with Crippen LogP contribution in [-0.4, -0.2) is 47.3 Å². The Kier molecular flexibility index (Phi) is 6.36. The lowest BCUT2D eigenvalue weighted by Crippen LogP contribution is -2.47. The summed E-state index contributed by atoms with van der Waals surface area (Å²) in [7, 11) is 0. The Hall–Kier alpha value is -2.80. The van der Waals surface area contributed by atoms with Crippen molar-refractivity contribution < 1.29 is 19.1 Å². The van der Waals surface area contributed by atoms with E-state index in [0.717, 1.165) is 4.90 Å². The van der Waals surface area contributed by atoms with Gasteiger partial charge < -0.3 is 10.1 Å². The molecule has 0 bridgehead atoms. The number of ether oxygens (including phenoxy) is 1. The summed E-state index contributed by atoms with van der Waals surface area (Å²) in [6.45, 7) is 2.45. The van der Waals surface area contributed by atoms with Crippen molar-refractivity contribution in [3.63, 3.8) is 0 Å². The number of anilines is 1. The summed E-state index contributed by atoms with van der Waals surface area (Å²) in [4.78, 5) is 39.6. The summed E-state index contributed by atoms with van der Waals surface area (Å²) in [5.74, 6) is 0.129. The number of rotatable bonds is 8. The lowest BCUT2D eigenvalue weighted by Gasteiger charge is -2.25. The van der Waals surface area contributed by atoms with Crippen molar-refractivity contribution in [2.45, 2.75) is 19.4 Å². The molecule has 3 rings (SSSR count). The van der Waals surface area contributed by atoms with E-state index in [0.29, 0.717) is 41.3 Å². The standard InChI is InChI=1S/C21H22N2O4S/c1-3-27-15-10-8-14(9-11-15)22-19(24)18(12-13-28-2)23-20(25)16-6-4-5-7-17(16)21(23)26/h4-11,18H,3,12-13H2,1-2H3,(H,22,24)/t18-/m0/s1. The maximum absolute atomic E-state index is 13.0.